The van der Waals surface area contributed by atoms with Crippen molar-refractivity contribution in [3.05, 3.63) is 0 Å². The average Bonchev–Trinajstić information content (AvgIpc) is 3.23. The van der Waals surface area contributed by atoms with Crippen molar-refractivity contribution in [1.82, 2.24) is 5.32 Å². The number of rotatable bonds is 5. The van der Waals surface area contributed by atoms with E-state index >= 15 is 0 Å². The third-order valence-corrected chi connectivity index (χ3v) is 5.40. The lowest BCUT2D eigenvalue weighted by atomic mass is 9.94. The molecule has 1 unspecified atom stereocenters. The van der Waals surface area contributed by atoms with Gasteiger partial charge >= 0.3 is 5.97 Å². The van der Waals surface area contributed by atoms with Crippen LogP contribution in [0, 0.1) is 29.1 Å². The number of carboxylic acid groups (broad SMARTS) is 1. The SMILES string of the molecule is CC1C[C@H](C(=O)NCC2(C3CC3)CC2)[C@H](C(=O)O)C1. The molecule has 0 saturated heterocycles. The van der Waals surface area contributed by atoms with Gasteiger partial charge in [-0.25, -0.2) is 0 Å². The predicted molar refractivity (Wildman–Crippen MR) is 70.4 cm³/mol. The van der Waals surface area contributed by atoms with Crippen LogP contribution in [0.4, 0.5) is 0 Å². The number of hydrogen-bond donors (Lipinski definition) is 2. The number of hydrogen-bond acceptors (Lipinski definition) is 2. The second-order valence-corrected chi connectivity index (χ2v) is 6.98. The summed E-state index contributed by atoms with van der Waals surface area (Å²) in [5, 5.41) is 12.3. The zero-order valence-electron chi connectivity index (χ0n) is 11.5. The Hall–Kier alpha value is -1.06. The summed E-state index contributed by atoms with van der Waals surface area (Å²) in [4.78, 5) is 23.5. The standard InChI is InChI=1S/C15H23NO3/c1-9-6-11(12(7-9)14(18)19)13(17)16-8-15(4-5-15)10-2-3-10/h9-12H,2-8H2,1H3,(H,16,17)(H,18,19)/t9?,11-,12+/m0/s1. The Morgan fingerprint density at radius 3 is 2.37 bits per heavy atom. The van der Waals surface area contributed by atoms with Gasteiger partial charge in [-0.2, -0.15) is 0 Å². The van der Waals surface area contributed by atoms with Crippen LogP contribution >= 0.6 is 0 Å². The summed E-state index contributed by atoms with van der Waals surface area (Å²) in [6.07, 6.45) is 6.46. The number of carbonyl (C=O) groups is 2. The number of amides is 1. The molecule has 3 saturated carbocycles. The van der Waals surface area contributed by atoms with Gasteiger partial charge in [-0.05, 0) is 55.8 Å². The summed E-state index contributed by atoms with van der Waals surface area (Å²) in [7, 11) is 0. The molecule has 0 aliphatic heterocycles. The Labute approximate surface area is 113 Å². The van der Waals surface area contributed by atoms with Crippen molar-refractivity contribution in [2.45, 2.75) is 45.4 Å². The second kappa shape index (κ2) is 4.50. The minimum atomic E-state index is -0.812. The monoisotopic (exact) mass is 265 g/mol. The molecule has 0 bridgehead atoms. The lowest BCUT2D eigenvalue weighted by Crippen LogP contribution is -2.38. The maximum atomic E-state index is 12.2. The fourth-order valence-corrected chi connectivity index (χ4v) is 3.83. The fourth-order valence-electron chi connectivity index (χ4n) is 3.83. The maximum absolute atomic E-state index is 12.2. The molecule has 0 aromatic carbocycles. The molecule has 1 amide bonds. The van der Waals surface area contributed by atoms with E-state index in [1.54, 1.807) is 0 Å². The molecule has 2 N–H and O–H groups in total. The summed E-state index contributed by atoms with van der Waals surface area (Å²) in [5.41, 5.74) is 0.388. The van der Waals surface area contributed by atoms with Gasteiger partial charge in [0, 0.05) is 6.54 Å². The van der Waals surface area contributed by atoms with E-state index in [4.69, 9.17) is 0 Å². The Bertz CT molecular complexity index is 398. The van der Waals surface area contributed by atoms with Crippen LogP contribution in [-0.4, -0.2) is 23.5 Å². The van der Waals surface area contributed by atoms with E-state index in [1.807, 2.05) is 6.92 Å². The van der Waals surface area contributed by atoms with Crippen LogP contribution in [0.3, 0.4) is 0 Å². The van der Waals surface area contributed by atoms with Gasteiger partial charge in [0.1, 0.15) is 0 Å². The smallest absolute Gasteiger partial charge is 0.307 e. The van der Waals surface area contributed by atoms with E-state index < -0.39 is 11.9 Å². The molecular weight excluding hydrogens is 242 g/mol. The number of carboxylic acids is 1. The second-order valence-electron chi connectivity index (χ2n) is 6.98. The highest BCUT2D eigenvalue weighted by Gasteiger charge is 2.54. The Balaban J connectivity index is 1.56. The Kier molecular flexibility index (Phi) is 3.06. The first kappa shape index (κ1) is 12.9. The molecule has 0 radical (unpaired) electrons. The summed E-state index contributed by atoms with van der Waals surface area (Å²) in [6.45, 7) is 2.81. The first-order valence-corrected chi connectivity index (χ1v) is 7.52. The van der Waals surface area contributed by atoms with Crippen LogP contribution in [0.5, 0.6) is 0 Å². The molecule has 3 aliphatic carbocycles. The zero-order valence-corrected chi connectivity index (χ0v) is 11.5. The van der Waals surface area contributed by atoms with E-state index in [0.29, 0.717) is 17.8 Å². The zero-order chi connectivity index (χ0) is 13.6. The van der Waals surface area contributed by atoms with Crippen molar-refractivity contribution < 1.29 is 14.7 Å². The topological polar surface area (TPSA) is 66.4 Å². The van der Waals surface area contributed by atoms with Crippen molar-refractivity contribution in [2.75, 3.05) is 6.54 Å². The minimum Gasteiger partial charge on any atom is -0.481 e. The van der Waals surface area contributed by atoms with Crippen LogP contribution in [0.2, 0.25) is 0 Å². The predicted octanol–water partition coefficient (Wildman–Crippen LogP) is 2.04. The summed E-state index contributed by atoms with van der Waals surface area (Å²) in [6, 6.07) is 0. The fraction of sp³-hybridized carbons (Fsp3) is 0.867. The highest BCUT2D eigenvalue weighted by atomic mass is 16.4. The van der Waals surface area contributed by atoms with Crippen LogP contribution in [0.25, 0.3) is 0 Å². The molecule has 4 heteroatoms. The normalized spacial score (nSPS) is 35.9. The quantitative estimate of drug-likeness (QED) is 0.799. The number of carbonyl (C=O) groups excluding carboxylic acids is 1. The van der Waals surface area contributed by atoms with E-state index in [-0.39, 0.29) is 11.8 Å². The van der Waals surface area contributed by atoms with Crippen molar-refractivity contribution in [1.29, 1.82) is 0 Å². The Morgan fingerprint density at radius 2 is 1.84 bits per heavy atom. The maximum Gasteiger partial charge on any atom is 0.307 e. The van der Waals surface area contributed by atoms with Crippen molar-refractivity contribution in [3.63, 3.8) is 0 Å². The summed E-state index contributed by atoms with van der Waals surface area (Å²) < 4.78 is 0. The van der Waals surface area contributed by atoms with Gasteiger partial charge < -0.3 is 10.4 Å². The Morgan fingerprint density at radius 1 is 1.21 bits per heavy atom. The van der Waals surface area contributed by atoms with Gasteiger partial charge in [0.2, 0.25) is 5.91 Å². The largest absolute Gasteiger partial charge is 0.481 e. The molecule has 3 fully saturated rings. The van der Waals surface area contributed by atoms with E-state index in [1.165, 1.54) is 25.7 Å². The number of aliphatic carboxylic acids is 1. The van der Waals surface area contributed by atoms with Gasteiger partial charge in [0.05, 0.1) is 11.8 Å². The average molecular weight is 265 g/mol. The van der Waals surface area contributed by atoms with Gasteiger partial charge in [-0.15, -0.1) is 0 Å². The van der Waals surface area contributed by atoms with Crippen LogP contribution in [-0.2, 0) is 9.59 Å². The number of nitrogens with one attached hydrogen (secondary N) is 1. The van der Waals surface area contributed by atoms with E-state index in [2.05, 4.69) is 5.32 Å². The van der Waals surface area contributed by atoms with Crippen LogP contribution in [0.15, 0.2) is 0 Å². The van der Waals surface area contributed by atoms with Gasteiger partial charge in [0.15, 0.2) is 0 Å². The first-order valence-electron chi connectivity index (χ1n) is 7.52. The lowest BCUT2D eigenvalue weighted by Gasteiger charge is -2.19. The first-order chi connectivity index (χ1) is 9.02. The van der Waals surface area contributed by atoms with Crippen molar-refractivity contribution in [3.8, 4) is 0 Å². The van der Waals surface area contributed by atoms with Crippen molar-refractivity contribution >= 4 is 11.9 Å². The van der Waals surface area contributed by atoms with Gasteiger partial charge in [-0.3, -0.25) is 9.59 Å². The molecule has 4 nitrogen and oxygen atoms in total. The van der Waals surface area contributed by atoms with Gasteiger partial charge in [-0.1, -0.05) is 6.92 Å². The summed E-state index contributed by atoms with van der Waals surface area (Å²) >= 11 is 0. The molecule has 3 rings (SSSR count). The lowest BCUT2D eigenvalue weighted by molar-refractivity contribution is -0.146. The molecule has 19 heavy (non-hydrogen) atoms. The van der Waals surface area contributed by atoms with Crippen LogP contribution in [0.1, 0.15) is 45.4 Å². The molecule has 0 spiro atoms. The van der Waals surface area contributed by atoms with E-state index in [9.17, 15) is 14.7 Å². The third kappa shape index (κ3) is 2.49. The minimum absolute atomic E-state index is 0.0244. The molecule has 3 aliphatic rings. The molecular formula is C15H23NO3. The molecule has 0 aromatic heterocycles. The van der Waals surface area contributed by atoms with Crippen molar-refractivity contribution in [2.24, 2.45) is 29.1 Å². The molecule has 106 valence electrons. The highest BCUT2D eigenvalue weighted by molar-refractivity contribution is 5.85. The van der Waals surface area contributed by atoms with E-state index in [0.717, 1.165) is 18.9 Å². The molecule has 0 heterocycles. The summed E-state index contributed by atoms with van der Waals surface area (Å²) in [5.74, 6) is -0.467. The molecule has 0 aromatic rings. The third-order valence-electron chi connectivity index (χ3n) is 5.40. The van der Waals surface area contributed by atoms with Gasteiger partial charge in [0.25, 0.3) is 0 Å². The highest BCUT2D eigenvalue weighted by Crippen LogP contribution is 2.60. The van der Waals surface area contributed by atoms with Crippen LogP contribution < -0.4 is 5.32 Å². The molecule has 3 atom stereocenters.